The van der Waals surface area contributed by atoms with E-state index in [1.165, 1.54) is 11.3 Å². The molecule has 0 aliphatic carbocycles. The van der Waals surface area contributed by atoms with Gasteiger partial charge in [-0.25, -0.2) is 13.1 Å². The van der Waals surface area contributed by atoms with Crippen LogP contribution in [0.25, 0.3) is 0 Å². The van der Waals surface area contributed by atoms with Gasteiger partial charge in [0.05, 0.1) is 7.11 Å². The first-order valence-corrected chi connectivity index (χ1v) is 8.76. The molecule has 0 radical (unpaired) electrons. The van der Waals surface area contributed by atoms with Crippen LogP contribution in [0.2, 0.25) is 0 Å². The summed E-state index contributed by atoms with van der Waals surface area (Å²) >= 11 is 1.23. The van der Waals surface area contributed by atoms with Crippen molar-refractivity contribution in [2.24, 2.45) is 0 Å². The predicted molar refractivity (Wildman–Crippen MR) is 84.1 cm³/mol. The first-order chi connectivity index (χ1) is 10.0. The molecule has 1 heterocycles. The van der Waals surface area contributed by atoms with Crippen molar-refractivity contribution in [1.82, 2.24) is 10.0 Å². The van der Waals surface area contributed by atoms with Gasteiger partial charge in [0.25, 0.3) is 0 Å². The minimum atomic E-state index is -3.46. The lowest BCUT2D eigenvalue weighted by atomic mass is 10.2. The highest BCUT2D eigenvalue weighted by molar-refractivity contribution is 7.91. The Morgan fingerprint density at radius 1 is 1.14 bits per heavy atom. The van der Waals surface area contributed by atoms with Crippen LogP contribution in [-0.4, -0.2) is 22.6 Å². The lowest BCUT2D eigenvalue weighted by molar-refractivity contribution is 0.414. The molecule has 5 nitrogen and oxygen atoms in total. The second-order valence-electron chi connectivity index (χ2n) is 4.48. The number of ether oxygens (including phenoxy) is 1. The Morgan fingerprint density at radius 3 is 2.48 bits per heavy atom. The van der Waals surface area contributed by atoms with E-state index in [4.69, 9.17) is 4.74 Å². The van der Waals surface area contributed by atoms with Crippen molar-refractivity contribution in [3.05, 3.63) is 46.8 Å². The maximum absolute atomic E-state index is 12.2. The van der Waals surface area contributed by atoms with Crippen LogP contribution in [0.15, 0.2) is 39.9 Å². The molecule has 0 atom stereocenters. The second-order valence-corrected chi connectivity index (χ2v) is 7.38. The second kappa shape index (κ2) is 7.04. The summed E-state index contributed by atoms with van der Waals surface area (Å²) < 4.78 is 32.4. The number of methoxy groups -OCH3 is 1. The average molecular weight is 326 g/mol. The van der Waals surface area contributed by atoms with E-state index in [1.807, 2.05) is 24.6 Å². The fourth-order valence-electron chi connectivity index (χ4n) is 1.78. The van der Waals surface area contributed by atoms with Gasteiger partial charge in [-0.2, -0.15) is 0 Å². The SMILES string of the molecule is CNCc1csc(S(=O)(=O)NCc2ccc(OC)cc2)c1. The van der Waals surface area contributed by atoms with Gasteiger partial charge in [0.15, 0.2) is 0 Å². The third-order valence-electron chi connectivity index (χ3n) is 2.90. The highest BCUT2D eigenvalue weighted by atomic mass is 32.2. The largest absolute Gasteiger partial charge is 0.497 e. The van der Waals surface area contributed by atoms with Crippen molar-refractivity contribution in [2.75, 3.05) is 14.2 Å². The third kappa shape index (κ3) is 4.28. The van der Waals surface area contributed by atoms with E-state index < -0.39 is 10.0 Å². The van der Waals surface area contributed by atoms with Crippen LogP contribution in [0, 0.1) is 0 Å². The Labute approximate surface area is 129 Å². The molecule has 2 N–H and O–H groups in total. The van der Waals surface area contributed by atoms with Crippen LogP contribution >= 0.6 is 11.3 Å². The number of hydrogen-bond donors (Lipinski definition) is 2. The first kappa shape index (κ1) is 16.0. The standard InChI is InChI=1S/C14H18N2O3S2/c1-15-8-12-7-14(20-10-12)21(17,18)16-9-11-3-5-13(19-2)6-4-11/h3-7,10,15-16H,8-9H2,1-2H3. The maximum atomic E-state index is 12.2. The molecule has 0 aliphatic rings. The quantitative estimate of drug-likeness (QED) is 0.816. The van der Waals surface area contributed by atoms with E-state index >= 15 is 0 Å². The topological polar surface area (TPSA) is 67.4 Å². The summed E-state index contributed by atoms with van der Waals surface area (Å²) in [4.78, 5) is 0. The summed E-state index contributed by atoms with van der Waals surface area (Å²) in [6.45, 7) is 0.913. The van der Waals surface area contributed by atoms with E-state index in [0.717, 1.165) is 16.9 Å². The molecule has 0 unspecified atom stereocenters. The molecule has 0 saturated carbocycles. The highest BCUT2D eigenvalue weighted by Crippen LogP contribution is 2.20. The highest BCUT2D eigenvalue weighted by Gasteiger charge is 2.16. The molecule has 0 aliphatic heterocycles. The monoisotopic (exact) mass is 326 g/mol. The summed E-state index contributed by atoms with van der Waals surface area (Å²) in [6.07, 6.45) is 0. The van der Waals surface area contributed by atoms with E-state index in [-0.39, 0.29) is 6.54 Å². The minimum absolute atomic E-state index is 0.256. The van der Waals surface area contributed by atoms with Crippen LogP contribution in [0.5, 0.6) is 5.75 Å². The van der Waals surface area contributed by atoms with Crippen molar-refractivity contribution in [3.63, 3.8) is 0 Å². The zero-order valence-electron chi connectivity index (χ0n) is 11.9. The fraction of sp³-hybridized carbons (Fsp3) is 0.286. The van der Waals surface area contributed by atoms with Gasteiger partial charge in [0, 0.05) is 13.1 Å². The van der Waals surface area contributed by atoms with Gasteiger partial charge >= 0.3 is 0 Å². The molecule has 7 heteroatoms. The fourth-order valence-corrected chi connectivity index (χ4v) is 4.06. The van der Waals surface area contributed by atoms with Crippen LogP contribution in [0.3, 0.4) is 0 Å². The summed E-state index contributed by atoms with van der Waals surface area (Å²) in [5.74, 6) is 0.747. The third-order valence-corrected chi connectivity index (χ3v) is 5.79. The molecule has 0 amide bonds. The molecule has 2 aromatic rings. The van der Waals surface area contributed by atoms with Crippen molar-refractivity contribution < 1.29 is 13.2 Å². The van der Waals surface area contributed by atoms with Crippen LogP contribution in [0.1, 0.15) is 11.1 Å². The molecule has 0 fully saturated rings. The normalized spacial score (nSPS) is 11.5. The van der Waals surface area contributed by atoms with Crippen LogP contribution in [-0.2, 0) is 23.1 Å². The zero-order chi connectivity index (χ0) is 15.3. The van der Waals surface area contributed by atoms with E-state index in [2.05, 4.69) is 10.0 Å². The molecule has 2 rings (SSSR count). The van der Waals surface area contributed by atoms with E-state index in [0.29, 0.717) is 10.8 Å². The van der Waals surface area contributed by atoms with E-state index in [9.17, 15) is 8.42 Å². The van der Waals surface area contributed by atoms with Crippen molar-refractivity contribution in [1.29, 1.82) is 0 Å². The van der Waals surface area contributed by atoms with Gasteiger partial charge in [-0.15, -0.1) is 11.3 Å². The Kier molecular flexibility index (Phi) is 5.35. The number of sulfonamides is 1. The molecule has 21 heavy (non-hydrogen) atoms. The van der Waals surface area contributed by atoms with Crippen molar-refractivity contribution in [2.45, 2.75) is 17.3 Å². The Balaban J connectivity index is 2.02. The number of hydrogen-bond acceptors (Lipinski definition) is 5. The van der Waals surface area contributed by atoms with E-state index in [1.54, 1.807) is 25.3 Å². The van der Waals surface area contributed by atoms with Gasteiger partial charge in [-0.05, 0) is 41.8 Å². The number of thiophene rings is 1. The van der Waals surface area contributed by atoms with Crippen molar-refractivity contribution >= 4 is 21.4 Å². The molecule has 1 aromatic carbocycles. The maximum Gasteiger partial charge on any atom is 0.250 e. The summed E-state index contributed by atoms with van der Waals surface area (Å²) in [5, 5.41) is 4.84. The average Bonchev–Trinajstić information content (AvgIpc) is 2.96. The van der Waals surface area contributed by atoms with Gasteiger partial charge in [-0.3, -0.25) is 0 Å². The van der Waals surface area contributed by atoms with Gasteiger partial charge in [0.2, 0.25) is 10.0 Å². The molecule has 0 saturated heterocycles. The van der Waals surface area contributed by atoms with Gasteiger partial charge in [-0.1, -0.05) is 12.1 Å². The van der Waals surface area contributed by atoms with Gasteiger partial charge in [0.1, 0.15) is 9.96 Å². The Bertz CT molecular complexity index is 678. The molecular weight excluding hydrogens is 308 g/mol. The molecule has 114 valence electrons. The summed E-state index contributed by atoms with van der Waals surface area (Å²) in [5.41, 5.74) is 1.85. The van der Waals surface area contributed by atoms with Crippen molar-refractivity contribution in [3.8, 4) is 5.75 Å². The van der Waals surface area contributed by atoms with Gasteiger partial charge < -0.3 is 10.1 Å². The predicted octanol–water partition coefficient (Wildman–Crippen LogP) is 1.95. The van der Waals surface area contributed by atoms with Crippen LogP contribution in [0.4, 0.5) is 0 Å². The minimum Gasteiger partial charge on any atom is -0.497 e. The molecule has 0 bridgehead atoms. The Morgan fingerprint density at radius 2 is 1.86 bits per heavy atom. The Hall–Kier alpha value is -1.41. The molecule has 0 spiro atoms. The lowest BCUT2D eigenvalue weighted by Gasteiger charge is -2.06. The zero-order valence-corrected chi connectivity index (χ0v) is 13.6. The number of rotatable bonds is 7. The lowest BCUT2D eigenvalue weighted by Crippen LogP contribution is -2.22. The molecule has 1 aromatic heterocycles. The number of nitrogens with one attached hydrogen (secondary N) is 2. The summed E-state index contributed by atoms with van der Waals surface area (Å²) in [7, 11) is -0.0405. The number of benzene rings is 1. The summed E-state index contributed by atoms with van der Waals surface area (Å²) in [6, 6.07) is 8.97. The molecular formula is C14H18N2O3S2. The smallest absolute Gasteiger partial charge is 0.250 e. The first-order valence-electron chi connectivity index (χ1n) is 6.40. The van der Waals surface area contributed by atoms with Crippen LogP contribution < -0.4 is 14.8 Å².